The Hall–Kier alpha value is -0.580. The van der Waals surface area contributed by atoms with E-state index in [1.165, 1.54) is 0 Å². The molecule has 1 rings (SSSR count). The van der Waals surface area contributed by atoms with Crippen molar-refractivity contribution in [3.63, 3.8) is 0 Å². The smallest absolute Gasteiger partial charge is 0.0606 e. The fourth-order valence-corrected chi connectivity index (χ4v) is 2.09. The third kappa shape index (κ3) is 3.19. The molecule has 1 aromatic carbocycles. The summed E-state index contributed by atoms with van der Waals surface area (Å²) in [5, 5.41) is 8.85. The van der Waals surface area contributed by atoms with Crippen LogP contribution >= 0.6 is 15.9 Å². The van der Waals surface area contributed by atoms with Crippen molar-refractivity contribution in [2.45, 2.75) is 13.0 Å². The molecule has 3 nitrogen and oxygen atoms in total. The van der Waals surface area contributed by atoms with Crippen LogP contribution in [0.2, 0.25) is 0 Å². The van der Waals surface area contributed by atoms with Gasteiger partial charge in [-0.2, -0.15) is 0 Å². The van der Waals surface area contributed by atoms with Gasteiger partial charge in [-0.15, -0.1) is 0 Å². The molecule has 0 amide bonds. The Labute approximate surface area is 99.0 Å². The lowest BCUT2D eigenvalue weighted by molar-refractivity contribution is 0.304. The van der Waals surface area contributed by atoms with Crippen LogP contribution in [0.4, 0.5) is 5.69 Å². The van der Waals surface area contributed by atoms with Crippen LogP contribution in [-0.4, -0.2) is 25.3 Å². The summed E-state index contributed by atoms with van der Waals surface area (Å²) in [6.45, 7) is 2.73. The molecule has 0 aromatic heterocycles. The third-order valence-corrected chi connectivity index (χ3v) is 2.98. The van der Waals surface area contributed by atoms with Crippen LogP contribution in [0, 0.1) is 0 Å². The van der Waals surface area contributed by atoms with E-state index < -0.39 is 0 Å². The van der Waals surface area contributed by atoms with Crippen molar-refractivity contribution in [2.24, 2.45) is 5.73 Å². The van der Waals surface area contributed by atoms with Gasteiger partial charge in [0.1, 0.15) is 0 Å². The highest BCUT2D eigenvalue weighted by molar-refractivity contribution is 9.10. The second-order valence-corrected chi connectivity index (χ2v) is 4.50. The van der Waals surface area contributed by atoms with Crippen LogP contribution in [0.3, 0.4) is 0 Å². The van der Waals surface area contributed by atoms with Crippen molar-refractivity contribution < 1.29 is 5.11 Å². The Kier molecular flexibility index (Phi) is 4.57. The summed E-state index contributed by atoms with van der Waals surface area (Å²) in [6, 6.07) is 6.09. The number of halogens is 1. The number of hydrogen-bond donors (Lipinski definition) is 2. The molecule has 1 atom stereocenters. The summed E-state index contributed by atoms with van der Waals surface area (Å²) in [4.78, 5) is 2.00. The maximum absolute atomic E-state index is 8.85. The number of nitrogens with zero attached hydrogens (tertiary/aromatic N) is 1. The third-order valence-electron chi connectivity index (χ3n) is 2.34. The molecule has 0 radical (unpaired) electrons. The number of likely N-dealkylation sites (N-methyl/N-ethyl adjacent to an activating group) is 1. The minimum atomic E-state index is 0.0403. The van der Waals surface area contributed by atoms with E-state index in [9.17, 15) is 0 Å². The molecule has 3 N–H and O–H groups in total. The molecule has 0 saturated carbocycles. The van der Waals surface area contributed by atoms with Crippen molar-refractivity contribution >= 4 is 21.6 Å². The predicted molar refractivity (Wildman–Crippen MR) is 67.1 cm³/mol. The van der Waals surface area contributed by atoms with Crippen molar-refractivity contribution in [1.29, 1.82) is 0 Å². The molecule has 84 valence electrons. The van der Waals surface area contributed by atoms with Gasteiger partial charge in [0.2, 0.25) is 0 Å². The molecule has 1 aromatic rings. The van der Waals surface area contributed by atoms with Crippen molar-refractivity contribution in [3.8, 4) is 0 Å². The summed E-state index contributed by atoms with van der Waals surface area (Å²) in [5.74, 6) is 0. The van der Waals surface area contributed by atoms with Crippen LogP contribution in [0.1, 0.15) is 18.5 Å². The van der Waals surface area contributed by atoms with Gasteiger partial charge in [-0.25, -0.2) is 0 Å². The van der Waals surface area contributed by atoms with Gasteiger partial charge in [0, 0.05) is 24.1 Å². The molecule has 0 aliphatic carbocycles. The monoisotopic (exact) mass is 272 g/mol. The maximum atomic E-state index is 8.85. The number of anilines is 1. The van der Waals surface area contributed by atoms with Gasteiger partial charge >= 0.3 is 0 Å². The van der Waals surface area contributed by atoms with Crippen molar-refractivity contribution in [3.05, 3.63) is 28.2 Å². The van der Waals surface area contributed by atoms with E-state index >= 15 is 0 Å². The molecule has 0 aliphatic heterocycles. The first-order valence-corrected chi connectivity index (χ1v) is 5.72. The summed E-state index contributed by atoms with van der Waals surface area (Å²) >= 11 is 3.51. The van der Waals surface area contributed by atoms with E-state index in [4.69, 9.17) is 10.8 Å². The Morgan fingerprint density at radius 3 is 2.67 bits per heavy atom. The molecular weight excluding hydrogens is 256 g/mol. The quantitative estimate of drug-likeness (QED) is 0.880. The fraction of sp³-hybridized carbons (Fsp3) is 0.455. The van der Waals surface area contributed by atoms with E-state index in [-0.39, 0.29) is 12.6 Å². The highest BCUT2D eigenvalue weighted by atomic mass is 79.9. The van der Waals surface area contributed by atoms with Gasteiger partial charge in [-0.1, -0.05) is 6.07 Å². The highest BCUT2D eigenvalue weighted by Crippen LogP contribution is 2.28. The molecule has 0 bridgehead atoms. The SMILES string of the molecule is C[C@@H](N)c1ccc(N(C)CCO)c(Br)c1. The predicted octanol–water partition coefficient (Wildman–Crippen LogP) is 1.90. The van der Waals surface area contributed by atoms with Gasteiger partial charge < -0.3 is 15.7 Å². The standard InChI is InChI=1S/C11H17BrN2O/c1-8(13)9-3-4-11(10(12)7-9)14(2)5-6-15/h3-4,7-8,15H,5-6,13H2,1-2H3/t8-/m1/s1. The van der Waals surface area contributed by atoms with E-state index in [0.29, 0.717) is 6.54 Å². The van der Waals surface area contributed by atoms with Crippen LogP contribution < -0.4 is 10.6 Å². The summed E-state index contributed by atoms with van der Waals surface area (Å²) in [5.41, 5.74) is 7.96. The lowest BCUT2D eigenvalue weighted by Crippen LogP contribution is -2.21. The molecule has 0 saturated heterocycles. The average Bonchev–Trinajstić information content (AvgIpc) is 2.17. The van der Waals surface area contributed by atoms with Gasteiger partial charge in [-0.05, 0) is 40.5 Å². The van der Waals surface area contributed by atoms with E-state index in [0.717, 1.165) is 15.7 Å². The molecule has 4 heteroatoms. The molecule has 15 heavy (non-hydrogen) atoms. The second kappa shape index (κ2) is 5.49. The van der Waals surface area contributed by atoms with E-state index in [1.54, 1.807) is 0 Å². The summed E-state index contributed by atoms with van der Waals surface area (Å²) in [7, 11) is 1.95. The number of rotatable bonds is 4. The zero-order chi connectivity index (χ0) is 11.4. The average molecular weight is 273 g/mol. The molecule has 0 heterocycles. The lowest BCUT2D eigenvalue weighted by Gasteiger charge is -2.20. The van der Waals surface area contributed by atoms with Gasteiger partial charge in [0.05, 0.1) is 12.3 Å². The van der Waals surface area contributed by atoms with Crippen molar-refractivity contribution in [2.75, 3.05) is 25.1 Å². The number of benzene rings is 1. The first-order valence-electron chi connectivity index (χ1n) is 4.93. The number of aliphatic hydroxyl groups excluding tert-OH is 1. The van der Waals surface area contributed by atoms with Gasteiger partial charge in [0.15, 0.2) is 0 Å². The Balaban J connectivity index is 2.92. The van der Waals surface area contributed by atoms with Gasteiger partial charge in [-0.3, -0.25) is 0 Å². The van der Waals surface area contributed by atoms with Crippen LogP contribution in [0.15, 0.2) is 22.7 Å². The number of nitrogens with two attached hydrogens (primary N) is 1. The normalized spacial score (nSPS) is 12.6. The Bertz CT molecular complexity index is 328. The van der Waals surface area contributed by atoms with E-state index in [1.807, 2.05) is 37.1 Å². The van der Waals surface area contributed by atoms with Crippen LogP contribution in [-0.2, 0) is 0 Å². The minimum Gasteiger partial charge on any atom is -0.395 e. The first kappa shape index (κ1) is 12.5. The Morgan fingerprint density at radius 1 is 1.53 bits per heavy atom. The molecule has 0 fully saturated rings. The zero-order valence-corrected chi connectivity index (χ0v) is 10.7. The molecule has 0 spiro atoms. The van der Waals surface area contributed by atoms with Gasteiger partial charge in [0.25, 0.3) is 0 Å². The fourth-order valence-electron chi connectivity index (χ4n) is 1.39. The lowest BCUT2D eigenvalue weighted by atomic mass is 10.1. The molecule has 0 unspecified atom stereocenters. The highest BCUT2D eigenvalue weighted by Gasteiger charge is 2.07. The van der Waals surface area contributed by atoms with E-state index in [2.05, 4.69) is 15.9 Å². The second-order valence-electron chi connectivity index (χ2n) is 3.64. The molecule has 0 aliphatic rings. The minimum absolute atomic E-state index is 0.0403. The number of aliphatic hydroxyl groups is 1. The van der Waals surface area contributed by atoms with Crippen LogP contribution in [0.5, 0.6) is 0 Å². The summed E-state index contributed by atoms with van der Waals surface area (Å²) in [6.07, 6.45) is 0. The number of hydrogen-bond acceptors (Lipinski definition) is 3. The summed E-state index contributed by atoms with van der Waals surface area (Å²) < 4.78 is 1.01. The first-order chi connectivity index (χ1) is 7.06. The van der Waals surface area contributed by atoms with Crippen LogP contribution in [0.25, 0.3) is 0 Å². The zero-order valence-electron chi connectivity index (χ0n) is 9.07. The largest absolute Gasteiger partial charge is 0.395 e. The molecular formula is C11H17BrN2O. The van der Waals surface area contributed by atoms with Crippen molar-refractivity contribution in [1.82, 2.24) is 0 Å². The maximum Gasteiger partial charge on any atom is 0.0606 e. The topological polar surface area (TPSA) is 49.5 Å². The Morgan fingerprint density at radius 2 is 2.20 bits per heavy atom.